The summed E-state index contributed by atoms with van der Waals surface area (Å²) in [4.78, 5) is 20.8. The molecule has 0 aromatic rings. The van der Waals surface area contributed by atoms with Gasteiger partial charge in [-0.15, -0.1) is 0 Å². The van der Waals surface area contributed by atoms with Crippen LogP contribution in [-0.2, 0) is 9.59 Å². The molecule has 0 fully saturated rings. The summed E-state index contributed by atoms with van der Waals surface area (Å²) in [7, 11) is 0. The van der Waals surface area contributed by atoms with E-state index in [1.807, 2.05) is 0 Å². The second-order valence-electron chi connectivity index (χ2n) is 15.5. The van der Waals surface area contributed by atoms with Gasteiger partial charge in [-0.2, -0.15) is 0 Å². The molecular weight excluding hydrogens is 649 g/mol. The van der Waals surface area contributed by atoms with Crippen molar-refractivity contribution in [3.05, 3.63) is 0 Å². The van der Waals surface area contributed by atoms with Gasteiger partial charge in [-0.1, -0.05) is 245 Å². The molecule has 0 aliphatic rings. The highest BCUT2D eigenvalue weighted by Gasteiger charge is 1.99. The minimum Gasteiger partial charge on any atom is -0.481 e. The molecule has 0 atom stereocenters. The van der Waals surface area contributed by atoms with E-state index in [1.54, 1.807) is 0 Å². The molecule has 0 saturated carbocycles. The molecule has 0 spiro atoms. The van der Waals surface area contributed by atoms with E-state index in [0.717, 1.165) is 25.7 Å². The minimum atomic E-state index is -0.651. The molecule has 0 aromatic heterocycles. The van der Waals surface area contributed by atoms with Gasteiger partial charge in [0.2, 0.25) is 0 Å². The molecule has 0 heterocycles. The number of aliphatic carboxylic acids is 2. The van der Waals surface area contributed by atoms with Gasteiger partial charge in [0.05, 0.1) is 13.2 Å². The Morgan fingerprint density at radius 3 is 0.519 bits per heavy atom. The zero-order chi connectivity index (χ0) is 38.9. The van der Waals surface area contributed by atoms with Gasteiger partial charge in [0.25, 0.3) is 0 Å². The average molecular weight is 743 g/mol. The normalized spacial score (nSPS) is 10.8. The standard InChI is InChI=1S/2C22H44O2.C2H6O2/c2*1-2-3-4-5-6-7-8-9-10-11-12-13-14-15-16-17-18-19-20-21-22(23)24;3-1-2-4/h2*2-21H2,1H3,(H,23,24);3-4H,1-2H2. The molecule has 0 aliphatic heterocycles. The largest absolute Gasteiger partial charge is 0.481 e. The van der Waals surface area contributed by atoms with Crippen molar-refractivity contribution < 1.29 is 30.0 Å². The quantitative estimate of drug-likeness (QED) is 0.0464. The summed E-state index contributed by atoms with van der Waals surface area (Å²) in [5, 5.41) is 32.4. The van der Waals surface area contributed by atoms with Crippen LogP contribution in [0.1, 0.15) is 271 Å². The van der Waals surface area contributed by atoms with Crippen LogP contribution in [0.3, 0.4) is 0 Å². The predicted octanol–water partition coefficient (Wildman–Crippen LogP) is 14.8. The Morgan fingerprint density at radius 1 is 0.269 bits per heavy atom. The SMILES string of the molecule is CCCCCCCCCCCCCCCCCCCCCC(=O)O.CCCCCCCCCCCCCCCCCCCCCC(=O)O.OCCO. The number of hydrogen-bond donors (Lipinski definition) is 4. The Bertz CT molecular complexity index is 586. The fourth-order valence-electron chi connectivity index (χ4n) is 6.71. The summed E-state index contributed by atoms with van der Waals surface area (Å²) in [5.41, 5.74) is 0. The van der Waals surface area contributed by atoms with Gasteiger partial charge in [0.15, 0.2) is 0 Å². The first-order chi connectivity index (χ1) is 25.5. The average Bonchev–Trinajstić information content (AvgIpc) is 3.13. The van der Waals surface area contributed by atoms with Crippen LogP contribution in [-0.4, -0.2) is 45.6 Å². The van der Waals surface area contributed by atoms with Crippen molar-refractivity contribution in [2.24, 2.45) is 0 Å². The Kier molecular flexibility index (Phi) is 57.5. The summed E-state index contributed by atoms with van der Waals surface area (Å²) in [6, 6.07) is 0. The van der Waals surface area contributed by atoms with E-state index >= 15 is 0 Å². The third-order valence-corrected chi connectivity index (χ3v) is 10.1. The lowest BCUT2D eigenvalue weighted by molar-refractivity contribution is -0.138. The number of carbonyl (C=O) groups is 2. The molecular formula is C46H94O6. The summed E-state index contributed by atoms with van der Waals surface area (Å²) in [5.74, 6) is -1.30. The predicted molar refractivity (Wildman–Crippen MR) is 225 cm³/mol. The molecule has 0 amide bonds. The molecule has 52 heavy (non-hydrogen) atoms. The van der Waals surface area contributed by atoms with Gasteiger partial charge in [-0.05, 0) is 12.8 Å². The first-order valence-electron chi connectivity index (χ1n) is 23.1. The first kappa shape index (κ1) is 55.2. The van der Waals surface area contributed by atoms with E-state index in [2.05, 4.69) is 13.8 Å². The Balaban J connectivity index is -0.000000836. The fraction of sp³-hybridized carbons (Fsp3) is 0.957. The zero-order valence-corrected chi connectivity index (χ0v) is 35.3. The summed E-state index contributed by atoms with van der Waals surface area (Å²) in [6.45, 7) is 4.32. The lowest BCUT2D eigenvalue weighted by atomic mass is 10.0. The second kappa shape index (κ2) is 54.2. The Hall–Kier alpha value is -1.14. The van der Waals surface area contributed by atoms with Crippen molar-refractivity contribution in [1.82, 2.24) is 0 Å². The highest BCUT2D eigenvalue weighted by molar-refractivity contribution is 5.66. The smallest absolute Gasteiger partial charge is 0.303 e. The molecule has 6 nitrogen and oxygen atoms in total. The van der Waals surface area contributed by atoms with Crippen LogP contribution >= 0.6 is 0 Å². The maximum atomic E-state index is 10.4. The summed E-state index contributed by atoms with van der Waals surface area (Å²) < 4.78 is 0. The van der Waals surface area contributed by atoms with Gasteiger partial charge in [0.1, 0.15) is 0 Å². The molecule has 0 radical (unpaired) electrons. The van der Waals surface area contributed by atoms with Gasteiger partial charge < -0.3 is 20.4 Å². The molecule has 314 valence electrons. The van der Waals surface area contributed by atoms with E-state index in [-0.39, 0.29) is 13.2 Å². The highest BCUT2D eigenvalue weighted by atomic mass is 16.4. The first-order valence-corrected chi connectivity index (χ1v) is 23.1. The highest BCUT2D eigenvalue weighted by Crippen LogP contribution is 2.16. The van der Waals surface area contributed by atoms with Crippen molar-refractivity contribution in [2.45, 2.75) is 271 Å². The van der Waals surface area contributed by atoms with Crippen LogP contribution in [0, 0.1) is 0 Å². The van der Waals surface area contributed by atoms with E-state index in [4.69, 9.17) is 20.4 Å². The van der Waals surface area contributed by atoms with Gasteiger partial charge in [-0.25, -0.2) is 0 Å². The van der Waals surface area contributed by atoms with Crippen LogP contribution < -0.4 is 0 Å². The summed E-state index contributed by atoms with van der Waals surface area (Å²) in [6.07, 6.45) is 52.2. The monoisotopic (exact) mass is 743 g/mol. The molecule has 4 N–H and O–H groups in total. The topological polar surface area (TPSA) is 115 Å². The number of aliphatic hydroxyl groups excluding tert-OH is 2. The fourth-order valence-corrected chi connectivity index (χ4v) is 6.71. The minimum absolute atomic E-state index is 0.125. The van der Waals surface area contributed by atoms with E-state index in [0.29, 0.717) is 12.8 Å². The van der Waals surface area contributed by atoms with Crippen LogP contribution in [0.25, 0.3) is 0 Å². The molecule has 0 aromatic carbocycles. The number of unbranched alkanes of at least 4 members (excludes halogenated alkanes) is 36. The molecule has 0 unspecified atom stereocenters. The number of carboxylic acids is 2. The van der Waals surface area contributed by atoms with Gasteiger partial charge >= 0.3 is 11.9 Å². The lowest BCUT2D eigenvalue weighted by Crippen LogP contribution is -1.93. The van der Waals surface area contributed by atoms with Crippen LogP contribution in [0.15, 0.2) is 0 Å². The van der Waals surface area contributed by atoms with Crippen LogP contribution in [0.4, 0.5) is 0 Å². The maximum absolute atomic E-state index is 10.4. The number of rotatable bonds is 41. The lowest BCUT2D eigenvalue weighted by Gasteiger charge is -2.03. The van der Waals surface area contributed by atoms with Gasteiger partial charge in [-0.3, -0.25) is 9.59 Å². The van der Waals surface area contributed by atoms with Crippen molar-refractivity contribution in [3.63, 3.8) is 0 Å². The molecule has 0 bridgehead atoms. The third-order valence-electron chi connectivity index (χ3n) is 10.1. The van der Waals surface area contributed by atoms with Crippen molar-refractivity contribution in [2.75, 3.05) is 13.2 Å². The van der Waals surface area contributed by atoms with E-state index in [9.17, 15) is 9.59 Å². The summed E-state index contributed by atoms with van der Waals surface area (Å²) >= 11 is 0. The maximum Gasteiger partial charge on any atom is 0.303 e. The van der Waals surface area contributed by atoms with Crippen molar-refractivity contribution >= 4 is 11.9 Å². The molecule has 0 aliphatic carbocycles. The second-order valence-corrected chi connectivity index (χ2v) is 15.5. The van der Waals surface area contributed by atoms with Crippen molar-refractivity contribution in [3.8, 4) is 0 Å². The Labute approximate surface area is 325 Å². The van der Waals surface area contributed by atoms with Crippen molar-refractivity contribution in [1.29, 1.82) is 0 Å². The number of aliphatic hydroxyl groups is 2. The van der Waals surface area contributed by atoms with E-state index in [1.165, 1.54) is 218 Å². The molecule has 0 rings (SSSR count). The third kappa shape index (κ3) is 63.9. The molecule has 0 saturated heterocycles. The van der Waals surface area contributed by atoms with E-state index < -0.39 is 11.9 Å². The number of carboxylic acid groups (broad SMARTS) is 2. The van der Waals surface area contributed by atoms with Gasteiger partial charge in [0, 0.05) is 12.8 Å². The number of hydrogen-bond acceptors (Lipinski definition) is 4. The Morgan fingerprint density at radius 2 is 0.404 bits per heavy atom. The zero-order valence-electron chi connectivity index (χ0n) is 35.3. The van der Waals surface area contributed by atoms with Crippen LogP contribution in [0.2, 0.25) is 0 Å². The van der Waals surface area contributed by atoms with Crippen LogP contribution in [0.5, 0.6) is 0 Å². The molecule has 6 heteroatoms.